The molecule has 9 heteroatoms. The number of rotatable bonds is 6. The molecule has 33 heavy (non-hydrogen) atoms. The predicted octanol–water partition coefficient (Wildman–Crippen LogP) is 4.38. The molecule has 0 saturated carbocycles. The molecule has 0 aliphatic carbocycles. The predicted molar refractivity (Wildman–Crippen MR) is 126 cm³/mol. The maximum Gasteiger partial charge on any atom is 0.277 e. The average molecular weight is 469 g/mol. The summed E-state index contributed by atoms with van der Waals surface area (Å²) in [6.45, 7) is 1.84. The summed E-state index contributed by atoms with van der Waals surface area (Å²) in [6, 6.07) is 13.0. The fourth-order valence-electron chi connectivity index (χ4n) is 3.67. The van der Waals surface area contributed by atoms with Crippen LogP contribution < -0.4 is 15.6 Å². The zero-order chi connectivity index (χ0) is 23.7. The van der Waals surface area contributed by atoms with Gasteiger partial charge in [0.1, 0.15) is 17.2 Å². The molecular formula is C24H22ClFN4O3. The van der Waals surface area contributed by atoms with Crippen LogP contribution >= 0.6 is 11.6 Å². The van der Waals surface area contributed by atoms with E-state index in [-0.39, 0.29) is 29.3 Å². The molecule has 0 atom stereocenters. The second-order valence-corrected chi connectivity index (χ2v) is 8.04. The Hall–Kier alpha value is -3.65. The molecule has 2 heterocycles. The normalized spacial score (nSPS) is 11.1. The molecular weight excluding hydrogens is 447 g/mol. The zero-order valence-corrected chi connectivity index (χ0v) is 19.1. The fourth-order valence-corrected chi connectivity index (χ4v) is 3.88. The molecule has 7 nitrogen and oxygen atoms in total. The van der Waals surface area contributed by atoms with Gasteiger partial charge >= 0.3 is 0 Å². The lowest BCUT2D eigenvalue weighted by molar-refractivity contribution is -0.116. The largest absolute Gasteiger partial charge is 0.497 e. The van der Waals surface area contributed by atoms with Gasteiger partial charge in [-0.15, -0.1) is 0 Å². The fraction of sp³-hybridized carbons (Fsp3) is 0.208. The number of carbonyl (C=O) groups is 1. The molecule has 0 fully saturated rings. The maximum atomic E-state index is 13.2. The number of methoxy groups -OCH3 is 1. The van der Waals surface area contributed by atoms with Gasteiger partial charge < -0.3 is 14.6 Å². The van der Waals surface area contributed by atoms with Crippen LogP contribution in [-0.4, -0.2) is 27.2 Å². The van der Waals surface area contributed by atoms with Crippen molar-refractivity contribution in [3.63, 3.8) is 0 Å². The van der Waals surface area contributed by atoms with Crippen LogP contribution in [-0.2, 0) is 18.3 Å². The minimum absolute atomic E-state index is 0.0549. The number of hydrogen-bond donors (Lipinski definition) is 1. The Bertz CT molecular complexity index is 1430. The van der Waals surface area contributed by atoms with Gasteiger partial charge in [-0.25, -0.2) is 4.39 Å². The van der Waals surface area contributed by atoms with E-state index in [1.807, 2.05) is 48.9 Å². The topological polar surface area (TPSA) is 77.6 Å². The van der Waals surface area contributed by atoms with Crippen LogP contribution in [0.25, 0.3) is 16.9 Å². The van der Waals surface area contributed by atoms with Crippen molar-refractivity contribution in [1.29, 1.82) is 0 Å². The molecule has 1 amide bonds. The van der Waals surface area contributed by atoms with Crippen LogP contribution in [0, 0.1) is 12.7 Å². The highest BCUT2D eigenvalue weighted by Gasteiger charge is 2.17. The minimum Gasteiger partial charge on any atom is -0.497 e. The molecule has 4 aromatic rings. The summed E-state index contributed by atoms with van der Waals surface area (Å²) in [5.41, 5.74) is 3.39. The summed E-state index contributed by atoms with van der Waals surface area (Å²) in [4.78, 5) is 25.6. The number of carbonyl (C=O) groups excluding carboxylic acids is 1. The lowest BCUT2D eigenvalue weighted by atomic mass is 10.1. The van der Waals surface area contributed by atoms with E-state index < -0.39 is 5.82 Å². The van der Waals surface area contributed by atoms with Crippen molar-refractivity contribution in [3.05, 3.63) is 81.0 Å². The second-order valence-electron chi connectivity index (χ2n) is 7.63. The first-order chi connectivity index (χ1) is 15.8. The number of nitrogens with one attached hydrogen (secondary N) is 1. The number of benzene rings is 2. The summed E-state index contributed by atoms with van der Waals surface area (Å²) in [6.07, 6.45) is 0.271. The smallest absolute Gasteiger partial charge is 0.277 e. The molecule has 4 rings (SSSR count). The number of halogens is 2. The lowest BCUT2D eigenvalue weighted by Gasteiger charge is -2.12. The Balaban J connectivity index is 1.61. The molecule has 0 aliphatic heterocycles. The summed E-state index contributed by atoms with van der Waals surface area (Å²) < 4.78 is 21.7. The highest BCUT2D eigenvalue weighted by Crippen LogP contribution is 2.25. The van der Waals surface area contributed by atoms with Gasteiger partial charge in [0.25, 0.3) is 5.56 Å². The van der Waals surface area contributed by atoms with Gasteiger partial charge in [0.15, 0.2) is 0 Å². The van der Waals surface area contributed by atoms with E-state index in [1.54, 1.807) is 7.11 Å². The van der Waals surface area contributed by atoms with Crippen LogP contribution in [0.3, 0.4) is 0 Å². The number of amides is 1. The Kier molecular flexibility index (Phi) is 6.20. The van der Waals surface area contributed by atoms with Crippen molar-refractivity contribution in [2.45, 2.75) is 19.8 Å². The number of fused-ring (bicyclic) bond motifs is 1. The standard InChI is InChI=1S/C24H22ClFN4O3/c1-14-18(8-10-22(31)27-20-9-7-16(26)12-19(20)25)24(32)30-23(29(14)2)13-21(28-30)15-5-4-6-17(11-15)33-3/h4-7,9,11-13H,8,10H2,1-3H3,(H,27,31). The van der Waals surface area contributed by atoms with Crippen LogP contribution in [0.15, 0.2) is 53.3 Å². The van der Waals surface area contributed by atoms with E-state index in [4.69, 9.17) is 16.3 Å². The summed E-state index contributed by atoms with van der Waals surface area (Å²) in [5.74, 6) is -0.124. The third-order valence-electron chi connectivity index (χ3n) is 5.60. The minimum atomic E-state index is -0.488. The van der Waals surface area contributed by atoms with Crippen LogP contribution in [0.5, 0.6) is 5.75 Å². The van der Waals surface area contributed by atoms with E-state index >= 15 is 0 Å². The van der Waals surface area contributed by atoms with Crippen LogP contribution in [0.4, 0.5) is 10.1 Å². The highest BCUT2D eigenvalue weighted by atomic mass is 35.5. The van der Waals surface area contributed by atoms with Gasteiger partial charge in [-0.2, -0.15) is 9.61 Å². The molecule has 0 aliphatic rings. The molecule has 0 radical (unpaired) electrons. The van der Waals surface area contributed by atoms with Gasteiger partial charge in [0.05, 0.1) is 23.5 Å². The van der Waals surface area contributed by atoms with Gasteiger partial charge in [-0.05, 0) is 43.7 Å². The van der Waals surface area contributed by atoms with Crippen molar-refractivity contribution in [1.82, 2.24) is 14.2 Å². The van der Waals surface area contributed by atoms with Gasteiger partial charge in [-0.1, -0.05) is 23.7 Å². The molecule has 2 aromatic carbocycles. The van der Waals surface area contributed by atoms with Gasteiger partial charge in [-0.3, -0.25) is 9.59 Å². The van der Waals surface area contributed by atoms with Crippen molar-refractivity contribution in [3.8, 4) is 17.0 Å². The van der Waals surface area contributed by atoms with E-state index in [0.29, 0.717) is 28.3 Å². The van der Waals surface area contributed by atoms with Gasteiger partial charge in [0.2, 0.25) is 5.91 Å². The number of nitrogens with zero attached hydrogens (tertiary/aromatic N) is 3. The summed E-state index contributed by atoms with van der Waals surface area (Å²) >= 11 is 5.97. The Labute approximate surface area is 194 Å². The first-order valence-electron chi connectivity index (χ1n) is 10.3. The third-order valence-corrected chi connectivity index (χ3v) is 5.91. The first-order valence-corrected chi connectivity index (χ1v) is 10.6. The van der Waals surface area contributed by atoms with E-state index in [1.165, 1.54) is 16.6 Å². The Morgan fingerprint density at radius 2 is 2.00 bits per heavy atom. The molecule has 170 valence electrons. The Morgan fingerprint density at radius 1 is 1.21 bits per heavy atom. The second kappa shape index (κ2) is 9.07. The monoisotopic (exact) mass is 468 g/mol. The number of ether oxygens (including phenoxy) is 1. The molecule has 1 N–H and O–H groups in total. The van der Waals surface area contributed by atoms with Crippen molar-refractivity contribution >= 4 is 28.8 Å². The summed E-state index contributed by atoms with van der Waals surface area (Å²) in [5, 5.41) is 7.27. The third kappa shape index (κ3) is 4.47. The quantitative estimate of drug-likeness (QED) is 0.455. The molecule has 0 saturated heterocycles. The zero-order valence-electron chi connectivity index (χ0n) is 18.4. The number of hydrogen-bond acceptors (Lipinski definition) is 4. The van der Waals surface area contributed by atoms with E-state index in [0.717, 1.165) is 17.3 Å². The van der Waals surface area contributed by atoms with Crippen LogP contribution in [0.1, 0.15) is 17.7 Å². The van der Waals surface area contributed by atoms with E-state index in [2.05, 4.69) is 10.4 Å². The first kappa shape index (κ1) is 22.5. The Morgan fingerprint density at radius 3 is 2.73 bits per heavy atom. The van der Waals surface area contributed by atoms with Gasteiger partial charge in [0, 0.05) is 36.4 Å². The van der Waals surface area contributed by atoms with Crippen molar-refractivity contribution < 1.29 is 13.9 Å². The molecule has 0 spiro atoms. The van der Waals surface area contributed by atoms with E-state index in [9.17, 15) is 14.0 Å². The maximum absolute atomic E-state index is 13.2. The number of aryl methyl sites for hydroxylation is 1. The molecule has 0 unspecified atom stereocenters. The SMILES string of the molecule is COc1cccc(-c2cc3n(C)c(C)c(CCC(=O)Nc4ccc(F)cc4Cl)c(=O)n3n2)c1. The molecule has 2 aromatic heterocycles. The molecule has 0 bridgehead atoms. The summed E-state index contributed by atoms with van der Waals surface area (Å²) in [7, 11) is 3.44. The van der Waals surface area contributed by atoms with Crippen molar-refractivity contribution in [2.75, 3.05) is 12.4 Å². The van der Waals surface area contributed by atoms with Crippen LogP contribution in [0.2, 0.25) is 5.02 Å². The lowest BCUT2D eigenvalue weighted by Crippen LogP contribution is -2.26. The average Bonchev–Trinajstić information content (AvgIpc) is 3.25. The number of anilines is 1. The highest BCUT2D eigenvalue weighted by molar-refractivity contribution is 6.33. The number of aromatic nitrogens is 3. The van der Waals surface area contributed by atoms with Crippen molar-refractivity contribution in [2.24, 2.45) is 7.05 Å².